The second kappa shape index (κ2) is 8.11. The van der Waals surface area contributed by atoms with Gasteiger partial charge in [0.05, 0.1) is 17.7 Å². The third-order valence-corrected chi connectivity index (χ3v) is 5.53. The zero-order valence-electron chi connectivity index (χ0n) is 15.3. The van der Waals surface area contributed by atoms with Crippen molar-refractivity contribution in [1.82, 2.24) is 9.97 Å². The van der Waals surface area contributed by atoms with E-state index < -0.39 is 26.1 Å². The van der Waals surface area contributed by atoms with Gasteiger partial charge in [0.1, 0.15) is 17.9 Å². The van der Waals surface area contributed by atoms with Crippen LogP contribution >= 0.6 is 0 Å². The Morgan fingerprint density at radius 3 is 2.20 bits per heavy atom. The molecule has 1 heterocycles. The Hall–Kier alpha value is -3.47. The third kappa shape index (κ3) is 4.40. The molecule has 3 aromatic rings. The molecule has 1 N–H and O–H groups in total. The van der Waals surface area contributed by atoms with Crippen LogP contribution in [0.15, 0.2) is 65.8 Å². The smallest absolute Gasteiger partial charge is 0.497 e. The number of hydrogen-bond donors (Lipinski definition) is 1. The lowest BCUT2D eigenvalue weighted by atomic mass is 10.1. The first-order valence-electron chi connectivity index (χ1n) is 8.31. The summed E-state index contributed by atoms with van der Waals surface area (Å²) in [6, 6.07) is 12.0. The van der Waals surface area contributed by atoms with Gasteiger partial charge in [0.15, 0.2) is 0 Å². The molecule has 1 amide bonds. The van der Waals surface area contributed by atoms with Crippen LogP contribution in [0.3, 0.4) is 0 Å². The number of ether oxygens (including phenoxy) is 1. The first-order chi connectivity index (χ1) is 14.1. The van der Waals surface area contributed by atoms with Crippen molar-refractivity contribution in [2.24, 2.45) is 0 Å². The number of hydrogen-bond acceptors (Lipinski definition) is 6. The maximum Gasteiger partial charge on any atom is 0.501 e. The molecule has 156 valence electrons. The van der Waals surface area contributed by atoms with Gasteiger partial charge in [0.2, 0.25) is 0 Å². The molecule has 0 bridgehead atoms. The molecule has 7 nitrogen and oxygen atoms in total. The molecule has 0 saturated carbocycles. The minimum absolute atomic E-state index is 0.0410. The van der Waals surface area contributed by atoms with E-state index in [1.54, 1.807) is 31.4 Å². The highest BCUT2D eigenvalue weighted by molar-refractivity contribution is 7.92. The summed E-state index contributed by atoms with van der Waals surface area (Å²) in [5.74, 6) is 0.149. The van der Waals surface area contributed by atoms with Gasteiger partial charge in [0, 0.05) is 17.2 Å². The summed E-state index contributed by atoms with van der Waals surface area (Å²) < 4.78 is 65.7. The number of carbonyl (C=O) groups excluding carboxylic acids is 1. The van der Waals surface area contributed by atoms with Crippen molar-refractivity contribution in [2.75, 3.05) is 12.4 Å². The van der Waals surface area contributed by atoms with Gasteiger partial charge in [-0.1, -0.05) is 0 Å². The molecule has 1 aromatic heterocycles. The standard InChI is InChI=1S/C19H14F3N3O4S/c1-29-14-6-2-12(3-7-14)16-10-17(24-11-23-16)25-18(26)13-4-8-15(9-5-13)30(27,28)19(20,21)22/h2-11H,1H3,(H,23,24,25,26). The number of carbonyl (C=O) groups is 1. The molecule has 2 aromatic carbocycles. The normalized spacial score (nSPS) is 11.7. The molecule has 30 heavy (non-hydrogen) atoms. The summed E-state index contributed by atoms with van der Waals surface area (Å²) in [4.78, 5) is 19.5. The molecule has 0 saturated heterocycles. The maximum atomic E-state index is 12.6. The fourth-order valence-corrected chi connectivity index (χ4v) is 3.21. The van der Waals surface area contributed by atoms with Gasteiger partial charge < -0.3 is 10.1 Å². The summed E-state index contributed by atoms with van der Waals surface area (Å²) in [6.45, 7) is 0. The Morgan fingerprint density at radius 1 is 1.00 bits per heavy atom. The van der Waals surface area contributed by atoms with Crippen molar-refractivity contribution in [3.63, 3.8) is 0 Å². The van der Waals surface area contributed by atoms with E-state index in [2.05, 4.69) is 15.3 Å². The number of rotatable bonds is 5. The zero-order valence-corrected chi connectivity index (χ0v) is 16.2. The summed E-state index contributed by atoms with van der Waals surface area (Å²) in [6.07, 6.45) is 1.24. The van der Waals surface area contributed by atoms with Crippen molar-refractivity contribution in [3.05, 3.63) is 66.5 Å². The van der Waals surface area contributed by atoms with E-state index in [0.29, 0.717) is 11.4 Å². The van der Waals surface area contributed by atoms with Crippen molar-refractivity contribution >= 4 is 21.6 Å². The second-order valence-corrected chi connectivity index (χ2v) is 7.89. The number of halogens is 3. The lowest BCUT2D eigenvalue weighted by Crippen LogP contribution is -2.23. The monoisotopic (exact) mass is 437 g/mol. The van der Waals surface area contributed by atoms with E-state index >= 15 is 0 Å². The number of nitrogens with one attached hydrogen (secondary N) is 1. The number of alkyl halides is 3. The fraction of sp³-hybridized carbons (Fsp3) is 0.105. The van der Waals surface area contributed by atoms with Gasteiger partial charge >= 0.3 is 5.51 Å². The number of amides is 1. The van der Waals surface area contributed by atoms with Crippen LogP contribution in [0.4, 0.5) is 19.0 Å². The van der Waals surface area contributed by atoms with Crippen molar-refractivity contribution < 1.29 is 31.1 Å². The Labute approximate surface area is 169 Å². The molecule has 0 radical (unpaired) electrons. The highest BCUT2D eigenvalue weighted by Crippen LogP contribution is 2.30. The van der Waals surface area contributed by atoms with Crippen LogP contribution in [0.5, 0.6) is 5.75 Å². The number of nitrogens with zero attached hydrogens (tertiary/aromatic N) is 2. The highest BCUT2D eigenvalue weighted by Gasteiger charge is 2.46. The molecule has 11 heteroatoms. The van der Waals surface area contributed by atoms with Gasteiger partial charge in [-0.2, -0.15) is 13.2 Å². The van der Waals surface area contributed by atoms with Gasteiger partial charge in [-0.05, 0) is 48.5 Å². The lowest BCUT2D eigenvalue weighted by Gasteiger charge is -2.09. The van der Waals surface area contributed by atoms with Crippen LogP contribution in [-0.2, 0) is 9.84 Å². The van der Waals surface area contributed by atoms with Crippen molar-refractivity contribution in [1.29, 1.82) is 0 Å². The summed E-state index contributed by atoms with van der Waals surface area (Å²) in [7, 11) is -3.94. The highest BCUT2D eigenvalue weighted by atomic mass is 32.2. The predicted molar refractivity (Wildman–Crippen MR) is 102 cm³/mol. The molecule has 0 atom stereocenters. The Bertz CT molecular complexity index is 1160. The zero-order chi connectivity index (χ0) is 21.9. The van der Waals surface area contributed by atoms with Crippen molar-refractivity contribution in [3.8, 4) is 17.0 Å². The average molecular weight is 437 g/mol. The van der Waals surface area contributed by atoms with Crippen LogP contribution in [0.2, 0.25) is 0 Å². The largest absolute Gasteiger partial charge is 0.501 e. The molecule has 3 rings (SSSR count). The minimum Gasteiger partial charge on any atom is -0.497 e. The van der Waals surface area contributed by atoms with Crippen LogP contribution in [-0.4, -0.2) is 36.9 Å². The molecule has 0 unspecified atom stereocenters. The molecular weight excluding hydrogens is 423 g/mol. The van der Waals surface area contributed by atoms with Gasteiger partial charge in [0.25, 0.3) is 15.7 Å². The van der Waals surface area contributed by atoms with Crippen LogP contribution in [0.1, 0.15) is 10.4 Å². The molecule has 0 aliphatic carbocycles. The molecule has 0 spiro atoms. The summed E-state index contributed by atoms with van der Waals surface area (Å²) in [5.41, 5.74) is -4.19. The van der Waals surface area contributed by atoms with E-state index in [4.69, 9.17) is 4.74 Å². The van der Waals surface area contributed by atoms with Crippen molar-refractivity contribution in [2.45, 2.75) is 10.4 Å². The summed E-state index contributed by atoms with van der Waals surface area (Å²) in [5, 5.41) is 2.49. The van der Waals surface area contributed by atoms with Crippen LogP contribution in [0.25, 0.3) is 11.3 Å². The second-order valence-electron chi connectivity index (χ2n) is 5.94. The Balaban J connectivity index is 1.78. The first kappa shape index (κ1) is 21.2. The number of benzene rings is 2. The van der Waals surface area contributed by atoms with Gasteiger partial charge in [-0.3, -0.25) is 4.79 Å². The Kier molecular flexibility index (Phi) is 5.74. The van der Waals surface area contributed by atoms with E-state index in [1.165, 1.54) is 12.4 Å². The quantitative estimate of drug-likeness (QED) is 0.654. The number of methoxy groups -OCH3 is 1. The topological polar surface area (TPSA) is 98.2 Å². The van der Waals surface area contributed by atoms with Gasteiger partial charge in [-0.25, -0.2) is 18.4 Å². The fourth-order valence-electron chi connectivity index (χ4n) is 2.45. The SMILES string of the molecule is COc1ccc(-c2cc(NC(=O)c3ccc(S(=O)(=O)C(F)(F)F)cc3)ncn2)cc1. The van der Waals surface area contributed by atoms with E-state index in [-0.39, 0.29) is 11.4 Å². The van der Waals surface area contributed by atoms with E-state index in [0.717, 1.165) is 29.8 Å². The number of aromatic nitrogens is 2. The van der Waals surface area contributed by atoms with Crippen LogP contribution in [0, 0.1) is 0 Å². The number of sulfone groups is 1. The molecule has 0 aliphatic heterocycles. The lowest BCUT2D eigenvalue weighted by molar-refractivity contribution is -0.0436. The van der Waals surface area contributed by atoms with E-state index in [9.17, 15) is 26.4 Å². The van der Waals surface area contributed by atoms with Gasteiger partial charge in [-0.15, -0.1) is 0 Å². The molecule has 0 fully saturated rings. The molecule has 0 aliphatic rings. The summed E-state index contributed by atoms with van der Waals surface area (Å²) >= 11 is 0. The molecular formula is C19H14F3N3O4S. The predicted octanol–water partition coefficient (Wildman–Crippen LogP) is 3.70. The van der Waals surface area contributed by atoms with Crippen LogP contribution < -0.4 is 10.1 Å². The number of anilines is 1. The third-order valence-electron chi connectivity index (χ3n) is 4.03. The van der Waals surface area contributed by atoms with E-state index in [1.807, 2.05) is 0 Å². The minimum atomic E-state index is -5.48. The first-order valence-corrected chi connectivity index (χ1v) is 9.79. The Morgan fingerprint density at radius 2 is 1.63 bits per heavy atom. The maximum absolute atomic E-state index is 12.6. The average Bonchev–Trinajstić information content (AvgIpc) is 2.73.